The summed E-state index contributed by atoms with van der Waals surface area (Å²) in [6.45, 7) is 2.80. The number of nitrogens with two attached hydrogens (primary N) is 1. The van der Waals surface area contributed by atoms with Gasteiger partial charge in [-0.25, -0.2) is 9.37 Å². The van der Waals surface area contributed by atoms with E-state index in [2.05, 4.69) is 37.6 Å². The maximum atomic E-state index is 14.8. The first-order valence-electron chi connectivity index (χ1n) is 15.4. The molecule has 2 unspecified atom stereocenters. The third-order valence-electron chi connectivity index (χ3n) is 8.72. The highest BCUT2D eigenvalue weighted by Crippen LogP contribution is 2.29. The molecule has 0 radical (unpaired) electrons. The molecule has 5 aromatic rings. The van der Waals surface area contributed by atoms with Gasteiger partial charge in [-0.05, 0) is 54.3 Å². The third kappa shape index (κ3) is 5.99. The Morgan fingerprint density at radius 2 is 1.85 bits per heavy atom. The molecular weight excluding hydrogens is 601 g/mol. The summed E-state index contributed by atoms with van der Waals surface area (Å²) in [5.74, 6) is -1.02. The minimum atomic E-state index is -1.37. The van der Waals surface area contributed by atoms with Crippen LogP contribution in [0.3, 0.4) is 0 Å². The Kier molecular flexibility index (Phi) is 7.80. The lowest BCUT2D eigenvalue weighted by Gasteiger charge is -2.30. The first-order chi connectivity index (χ1) is 22.7. The number of primary amides is 1. The van der Waals surface area contributed by atoms with E-state index in [9.17, 15) is 18.8 Å². The van der Waals surface area contributed by atoms with E-state index in [0.717, 1.165) is 35.6 Å². The molecule has 3 amide bonds. The van der Waals surface area contributed by atoms with Crippen molar-refractivity contribution in [3.8, 4) is 11.1 Å². The van der Waals surface area contributed by atoms with E-state index in [1.54, 1.807) is 36.7 Å². The molecule has 2 aliphatic heterocycles. The number of carbonyl (C=O) groups excluding carboxylic acids is 3. The highest BCUT2D eigenvalue weighted by atomic mass is 19.1. The van der Waals surface area contributed by atoms with Crippen LogP contribution in [0.1, 0.15) is 33.7 Å². The standard InChI is InChI=1S/C34H32FN9O3/c1-20-12-26(15-30(39-20)42-11-9-21-4-2-3-5-24(21)17-42)40-34(47)29-14-25(35)18-43(29)31(45)19-44-28-7-6-22(23-8-10-37-38-16-23)13-27(28)32(41-44)33(36)46/h2-8,10,12-13,15-16,25,29H,9,11,14,17-19H2,1H3,(H2,36,46)(H,39,40,47). The van der Waals surface area contributed by atoms with Crippen LogP contribution in [0.2, 0.25) is 0 Å². The monoisotopic (exact) mass is 633 g/mol. The summed E-state index contributed by atoms with van der Waals surface area (Å²) >= 11 is 0. The smallest absolute Gasteiger partial charge is 0.269 e. The summed E-state index contributed by atoms with van der Waals surface area (Å²) in [5.41, 5.74) is 11.5. The summed E-state index contributed by atoms with van der Waals surface area (Å²) in [5, 5.41) is 15.4. The van der Waals surface area contributed by atoms with Gasteiger partial charge in [-0.2, -0.15) is 15.3 Å². The molecule has 5 heterocycles. The van der Waals surface area contributed by atoms with Crippen molar-refractivity contribution in [2.75, 3.05) is 23.3 Å². The second kappa shape index (κ2) is 12.2. The average Bonchev–Trinajstić information content (AvgIpc) is 3.65. The SMILES string of the molecule is Cc1cc(NC(=O)C2CC(F)CN2C(=O)Cn2nc(C(N)=O)c3cc(-c4ccnnc4)ccc32)cc(N2CCc3ccccc3C2)n1. The number of aromatic nitrogens is 5. The second-order valence-electron chi connectivity index (χ2n) is 11.9. The van der Waals surface area contributed by atoms with Gasteiger partial charge < -0.3 is 20.9 Å². The Morgan fingerprint density at radius 3 is 2.64 bits per heavy atom. The summed E-state index contributed by atoms with van der Waals surface area (Å²) in [4.78, 5) is 47.6. The Balaban J connectivity index is 1.09. The van der Waals surface area contributed by atoms with Crippen LogP contribution in [-0.2, 0) is 29.1 Å². The van der Waals surface area contributed by atoms with Crippen molar-refractivity contribution in [1.29, 1.82) is 0 Å². The van der Waals surface area contributed by atoms with Crippen LogP contribution in [0.25, 0.3) is 22.0 Å². The molecule has 1 fully saturated rings. The van der Waals surface area contributed by atoms with Crippen LogP contribution < -0.4 is 16.0 Å². The molecular formula is C34H32FN9O3. The number of pyridine rings is 1. The fourth-order valence-electron chi connectivity index (χ4n) is 6.45. The van der Waals surface area contributed by atoms with E-state index in [0.29, 0.717) is 23.1 Å². The minimum Gasteiger partial charge on any atom is -0.364 e. The Hall–Kier alpha value is -5.72. The molecule has 3 N–H and O–H groups in total. The number of hydrogen-bond donors (Lipinski definition) is 2. The van der Waals surface area contributed by atoms with Gasteiger partial charge in [0.2, 0.25) is 11.8 Å². The van der Waals surface area contributed by atoms with E-state index < -0.39 is 29.9 Å². The number of anilines is 2. The number of carbonyl (C=O) groups is 3. The minimum absolute atomic E-state index is 0.00296. The van der Waals surface area contributed by atoms with Crippen molar-refractivity contribution < 1.29 is 18.8 Å². The molecule has 2 aromatic carbocycles. The van der Waals surface area contributed by atoms with Gasteiger partial charge in [0.25, 0.3) is 5.91 Å². The Bertz CT molecular complexity index is 2020. The molecule has 0 saturated carbocycles. The van der Waals surface area contributed by atoms with Crippen molar-refractivity contribution in [1.82, 2.24) is 29.9 Å². The number of hydrogen-bond acceptors (Lipinski definition) is 8. The van der Waals surface area contributed by atoms with Gasteiger partial charge in [0, 0.05) is 47.9 Å². The van der Waals surface area contributed by atoms with Crippen LogP contribution in [0.15, 0.2) is 73.1 Å². The van der Waals surface area contributed by atoms with Gasteiger partial charge in [-0.1, -0.05) is 30.3 Å². The number of nitrogens with one attached hydrogen (secondary N) is 1. The number of nitrogens with zero attached hydrogens (tertiary/aromatic N) is 7. The first-order valence-corrected chi connectivity index (χ1v) is 15.4. The van der Waals surface area contributed by atoms with E-state index in [4.69, 9.17) is 10.7 Å². The summed E-state index contributed by atoms with van der Waals surface area (Å²) < 4.78 is 16.2. The number of benzene rings is 2. The van der Waals surface area contributed by atoms with Crippen LogP contribution in [0, 0.1) is 6.92 Å². The van der Waals surface area contributed by atoms with E-state index >= 15 is 0 Å². The largest absolute Gasteiger partial charge is 0.364 e. The highest BCUT2D eigenvalue weighted by Gasteiger charge is 2.40. The molecule has 3 aromatic heterocycles. The topological polar surface area (TPSA) is 152 Å². The van der Waals surface area contributed by atoms with Crippen LogP contribution in [-0.4, -0.2) is 72.9 Å². The lowest BCUT2D eigenvalue weighted by Crippen LogP contribution is -2.44. The number of amides is 3. The van der Waals surface area contributed by atoms with Crippen LogP contribution >= 0.6 is 0 Å². The van der Waals surface area contributed by atoms with Crippen molar-refractivity contribution in [3.63, 3.8) is 0 Å². The van der Waals surface area contributed by atoms with Gasteiger partial charge in [0.05, 0.1) is 24.5 Å². The normalized spacial score (nSPS) is 17.5. The van der Waals surface area contributed by atoms with Crippen molar-refractivity contribution >= 4 is 40.1 Å². The van der Waals surface area contributed by atoms with Gasteiger partial charge in [-0.15, -0.1) is 0 Å². The molecule has 238 valence electrons. The highest BCUT2D eigenvalue weighted by molar-refractivity contribution is 6.05. The summed E-state index contributed by atoms with van der Waals surface area (Å²) in [7, 11) is 0. The van der Waals surface area contributed by atoms with E-state index in [1.165, 1.54) is 20.7 Å². The number of aryl methyl sites for hydroxylation is 1. The van der Waals surface area contributed by atoms with Crippen LogP contribution in [0.5, 0.6) is 0 Å². The number of likely N-dealkylation sites (tertiary alicyclic amines) is 1. The van der Waals surface area contributed by atoms with Gasteiger partial charge >= 0.3 is 0 Å². The predicted molar refractivity (Wildman–Crippen MR) is 173 cm³/mol. The van der Waals surface area contributed by atoms with Crippen molar-refractivity contribution in [3.05, 3.63) is 95.6 Å². The molecule has 2 atom stereocenters. The molecule has 0 spiro atoms. The zero-order valence-corrected chi connectivity index (χ0v) is 25.6. The van der Waals surface area contributed by atoms with E-state index in [-0.39, 0.29) is 25.2 Å². The number of alkyl halides is 1. The van der Waals surface area contributed by atoms with Crippen LogP contribution in [0.4, 0.5) is 15.9 Å². The molecule has 12 nitrogen and oxygen atoms in total. The number of fused-ring (bicyclic) bond motifs is 2. The molecule has 0 bridgehead atoms. The molecule has 13 heteroatoms. The molecule has 47 heavy (non-hydrogen) atoms. The van der Waals surface area contributed by atoms with E-state index in [1.807, 2.05) is 31.2 Å². The zero-order chi connectivity index (χ0) is 32.7. The number of rotatable bonds is 7. The maximum absolute atomic E-state index is 14.8. The molecule has 0 aliphatic carbocycles. The Labute approximate surface area is 269 Å². The second-order valence-corrected chi connectivity index (χ2v) is 11.9. The first kappa shape index (κ1) is 30.0. The summed E-state index contributed by atoms with van der Waals surface area (Å²) in [6.07, 6.45) is 2.53. The maximum Gasteiger partial charge on any atom is 0.269 e. The third-order valence-corrected chi connectivity index (χ3v) is 8.72. The van der Waals surface area contributed by atoms with Gasteiger partial charge in [0.15, 0.2) is 5.69 Å². The van der Waals surface area contributed by atoms with Gasteiger partial charge in [-0.3, -0.25) is 19.1 Å². The van der Waals surface area contributed by atoms with Crippen molar-refractivity contribution in [2.24, 2.45) is 5.73 Å². The molecule has 2 aliphatic rings. The lowest BCUT2D eigenvalue weighted by atomic mass is 10.00. The fourth-order valence-corrected chi connectivity index (χ4v) is 6.45. The summed E-state index contributed by atoms with van der Waals surface area (Å²) in [6, 6.07) is 17.9. The quantitative estimate of drug-likeness (QED) is 0.277. The average molecular weight is 634 g/mol. The lowest BCUT2D eigenvalue weighted by molar-refractivity contribution is -0.137. The molecule has 7 rings (SSSR count). The fraction of sp³-hybridized carbons (Fsp3) is 0.265. The predicted octanol–water partition coefficient (Wildman–Crippen LogP) is 3.44. The zero-order valence-electron chi connectivity index (χ0n) is 25.6. The number of halogens is 1. The Morgan fingerprint density at radius 1 is 1.02 bits per heavy atom. The van der Waals surface area contributed by atoms with Crippen molar-refractivity contribution in [2.45, 2.75) is 45.1 Å². The van der Waals surface area contributed by atoms with Gasteiger partial charge in [0.1, 0.15) is 24.6 Å². The molecule has 1 saturated heterocycles.